The summed E-state index contributed by atoms with van der Waals surface area (Å²) in [6.45, 7) is 0.278. The first-order valence-electron chi connectivity index (χ1n) is 6.28. The fraction of sp³-hybridized carbons (Fsp3) is 0.545. The van der Waals surface area contributed by atoms with Crippen molar-refractivity contribution in [1.29, 1.82) is 0 Å². The summed E-state index contributed by atoms with van der Waals surface area (Å²) in [5, 5.41) is 21.2. The van der Waals surface area contributed by atoms with Crippen molar-refractivity contribution >= 4 is 17.9 Å². The first kappa shape index (κ1) is 16.4. The largest absolute Gasteiger partial charge is 0.480 e. The number of aliphatic carboxylic acids is 1. The molecule has 0 aromatic carbocycles. The molecule has 0 radical (unpaired) electrons. The summed E-state index contributed by atoms with van der Waals surface area (Å²) in [6, 6.07) is -1.79. The van der Waals surface area contributed by atoms with E-state index in [9.17, 15) is 14.4 Å². The minimum absolute atomic E-state index is 0.0542. The van der Waals surface area contributed by atoms with Crippen LogP contribution < -0.4 is 16.4 Å². The average Bonchev–Trinajstić information content (AvgIpc) is 2.79. The molecule has 0 fully saturated rings. The Morgan fingerprint density at radius 3 is 2.71 bits per heavy atom. The van der Waals surface area contributed by atoms with Gasteiger partial charge in [-0.25, -0.2) is 9.59 Å². The number of carbonyl (C=O) groups excluding carboxylic acids is 2. The lowest BCUT2D eigenvalue weighted by Gasteiger charge is -2.14. The maximum absolute atomic E-state index is 11.6. The second-order valence-corrected chi connectivity index (χ2v) is 4.40. The Morgan fingerprint density at radius 2 is 2.19 bits per heavy atom. The summed E-state index contributed by atoms with van der Waals surface area (Å²) < 4.78 is 1.71. The number of aromatic nitrogens is 3. The van der Waals surface area contributed by atoms with Gasteiger partial charge in [0.25, 0.3) is 0 Å². The zero-order valence-electron chi connectivity index (χ0n) is 11.6. The number of primary amides is 1. The van der Waals surface area contributed by atoms with Crippen LogP contribution in [-0.4, -0.2) is 50.4 Å². The third-order valence-electron chi connectivity index (χ3n) is 2.72. The maximum atomic E-state index is 11.6. The highest BCUT2D eigenvalue weighted by Crippen LogP contribution is 1.97. The van der Waals surface area contributed by atoms with Crippen LogP contribution in [0.4, 0.5) is 4.79 Å². The van der Waals surface area contributed by atoms with Gasteiger partial charge in [-0.2, -0.15) is 0 Å². The molecule has 1 aromatic heterocycles. The topological polar surface area (TPSA) is 152 Å². The summed E-state index contributed by atoms with van der Waals surface area (Å²) in [5.41, 5.74) is 4.94. The Morgan fingerprint density at radius 1 is 1.48 bits per heavy atom. The first-order valence-corrected chi connectivity index (χ1v) is 6.28. The quantitative estimate of drug-likeness (QED) is 0.452. The van der Waals surface area contributed by atoms with Gasteiger partial charge in [0.15, 0.2) is 0 Å². The predicted octanol–water partition coefficient (Wildman–Crippen LogP) is -1.62. The molecule has 1 heterocycles. The number of hydrogen-bond donors (Lipinski definition) is 4. The molecular weight excluding hydrogens is 280 g/mol. The van der Waals surface area contributed by atoms with Crippen molar-refractivity contribution in [2.24, 2.45) is 12.8 Å². The Bertz CT molecular complexity index is 515. The Hall–Kier alpha value is -2.65. The van der Waals surface area contributed by atoms with Crippen LogP contribution in [0.2, 0.25) is 0 Å². The predicted molar refractivity (Wildman–Crippen MR) is 71.1 cm³/mol. The number of nitrogens with two attached hydrogens (primary N) is 1. The summed E-state index contributed by atoms with van der Waals surface area (Å²) >= 11 is 0. The van der Waals surface area contributed by atoms with Crippen LogP contribution in [0.3, 0.4) is 0 Å². The molecule has 0 saturated carbocycles. The van der Waals surface area contributed by atoms with E-state index in [2.05, 4.69) is 20.8 Å². The van der Waals surface area contributed by atoms with Gasteiger partial charge in [0.05, 0.1) is 0 Å². The van der Waals surface area contributed by atoms with E-state index in [1.54, 1.807) is 17.9 Å². The minimum Gasteiger partial charge on any atom is -0.480 e. The summed E-state index contributed by atoms with van der Waals surface area (Å²) in [5.74, 6) is -1.15. The van der Waals surface area contributed by atoms with Crippen molar-refractivity contribution in [3.8, 4) is 0 Å². The lowest BCUT2D eigenvalue weighted by Crippen LogP contribution is -2.46. The minimum atomic E-state index is -1.22. The highest BCUT2D eigenvalue weighted by atomic mass is 16.4. The van der Waals surface area contributed by atoms with Gasteiger partial charge >= 0.3 is 12.0 Å². The standard InChI is InChI=1S/C11H18N6O4/c1-17-6-14-16-9(17)4-5-13-11(21)15-7(10(19)20)2-3-8(12)18/h6-7H,2-5H2,1H3,(H2,12,18)(H,19,20)(H2,13,15,21). The molecule has 116 valence electrons. The van der Waals surface area contributed by atoms with E-state index in [-0.39, 0.29) is 19.4 Å². The van der Waals surface area contributed by atoms with Gasteiger partial charge in [-0.3, -0.25) is 4.79 Å². The number of urea groups is 1. The Balaban J connectivity index is 2.34. The molecule has 3 amide bonds. The molecule has 0 aliphatic rings. The number of carboxylic acids is 1. The summed E-state index contributed by atoms with van der Waals surface area (Å²) in [6.07, 6.45) is 1.83. The van der Waals surface area contributed by atoms with Crippen LogP contribution in [0.15, 0.2) is 6.33 Å². The number of amides is 3. The van der Waals surface area contributed by atoms with E-state index < -0.39 is 23.9 Å². The van der Waals surface area contributed by atoms with Gasteiger partial charge in [0, 0.05) is 26.4 Å². The number of nitrogens with zero attached hydrogens (tertiary/aromatic N) is 3. The van der Waals surface area contributed by atoms with E-state index in [0.717, 1.165) is 0 Å². The molecule has 10 nitrogen and oxygen atoms in total. The number of nitrogens with one attached hydrogen (secondary N) is 2. The lowest BCUT2D eigenvalue weighted by molar-refractivity contribution is -0.139. The average molecular weight is 298 g/mol. The van der Waals surface area contributed by atoms with E-state index in [4.69, 9.17) is 10.8 Å². The van der Waals surface area contributed by atoms with E-state index >= 15 is 0 Å². The van der Waals surface area contributed by atoms with Gasteiger partial charge in [-0.1, -0.05) is 0 Å². The highest BCUT2D eigenvalue weighted by Gasteiger charge is 2.20. The normalized spacial score (nSPS) is 11.7. The SMILES string of the molecule is Cn1cnnc1CCNC(=O)NC(CCC(N)=O)C(=O)O. The molecule has 0 spiro atoms. The van der Waals surface area contributed by atoms with Crippen LogP contribution in [0.25, 0.3) is 0 Å². The van der Waals surface area contributed by atoms with E-state index in [0.29, 0.717) is 12.2 Å². The Kier molecular flexibility index (Phi) is 6.11. The second-order valence-electron chi connectivity index (χ2n) is 4.40. The van der Waals surface area contributed by atoms with Crippen molar-refractivity contribution in [3.63, 3.8) is 0 Å². The second kappa shape index (κ2) is 7.82. The molecule has 10 heteroatoms. The molecule has 1 rings (SSSR count). The van der Waals surface area contributed by atoms with Gasteiger partial charge in [-0.05, 0) is 6.42 Å². The maximum Gasteiger partial charge on any atom is 0.326 e. The van der Waals surface area contributed by atoms with Crippen molar-refractivity contribution in [3.05, 3.63) is 12.2 Å². The number of carbonyl (C=O) groups is 3. The number of hydrogen-bond acceptors (Lipinski definition) is 5. The Labute approximate surface area is 120 Å². The van der Waals surface area contributed by atoms with Crippen LogP contribution in [0, 0.1) is 0 Å². The fourth-order valence-electron chi connectivity index (χ4n) is 1.57. The zero-order chi connectivity index (χ0) is 15.8. The molecule has 0 aliphatic carbocycles. The van der Waals surface area contributed by atoms with Gasteiger partial charge in [-0.15, -0.1) is 10.2 Å². The highest BCUT2D eigenvalue weighted by molar-refractivity contribution is 5.83. The van der Waals surface area contributed by atoms with Gasteiger partial charge < -0.3 is 26.0 Å². The van der Waals surface area contributed by atoms with Crippen molar-refractivity contribution in [2.75, 3.05) is 6.54 Å². The van der Waals surface area contributed by atoms with Crippen LogP contribution in [0.1, 0.15) is 18.7 Å². The monoisotopic (exact) mass is 298 g/mol. The molecule has 0 bridgehead atoms. The van der Waals surface area contributed by atoms with Crippen LogP contribution >= 0.6 is 0 Å². The van der Waals surface area contributed by atoms with Gasteiger partial charge in [0.1, 0.15) is 18.2 Å². The molecule has 1 aromatic rings. The molecule has 1 unspecified atom stereocenters. The summed E-state index contributed by atoms with van der Waals surface area (Å²) in [7, 11) is 1.78. The third kappa shape index (κ3) is 5.89. The third-order valence-corrected chi connectivity index (χ3v) is 2.72. The number of aryl methyl sites for hydroxylation is 1. The van der Waals surface area contributed by atoms with Crippen molar-refractivity contribution < 1.29 is 19.5 Å². The molecule has 1 atom stereocenters. The molecule has 0 aliphatic heterocycles. The molecular formula is C11H18N6O4. The zero-order valence-corrected chi connectivity index (χ0v) is 11.6. The lowest BCUT2D eigenvalue weighted by atomic mass is 10.1. The molecule has 0 saturated heterocycles. The van der Waals surface area contributed by atoms with Gasteiger partial charge in [0.2, 0.25) is 5.91 Å². The van der Waals surface area contributed by atoms with Crippen LogP contribution in [0.5, 0.6) is 0 Å². The van der Waals surface area contributed by atoms with Crippen LogP contribution in [-0.2, 0) is 23.1 Å². The van der Waals surface area contributed by atoms with E-state index in [1.165, 1.54) is 0 Å². The fourth-order valence-corrected chi connectivity index (χ4v) is 1.57. The number of rotatable bonds is 8. The molecule has 21 heavy (non-hydrogen) atoms. The number of carboxylic acid groups (broad SMARTS) is 1. The first-order chi connectivity index (χ1) is 9.90. The van der Waals surface area contributed by atoms with Crippen molar-refractivity contribution in [1.82, 2.24) is 25.4 Å². The summed E-state index contributed by atoms with van der Waals surface area (Å²) in [4.78, 5) is 33.1. The smallest absolute Gasteiger partial charge is 0.326 e. The molecule has 5 N–H and O–H groups in total. The van der Waals surface area contributed by atoms with Crippen molar-refractivity contribution in [2.45, 2.75) is 25.3 Å². The van der Waals surface area contributed by atoms with E-state index in [1.807, 2.05) is 0 Å².